The summed E-state index contributed by atoms with van der Waals surface area (Å²) in [5, 5.41) is 18.9. The minimum Gasteiger partial charge on any atom is -0.383 e. The van der Waals surface area contributed by atoms with Crippen LogP contribution < -0.4 is 10.6 Å². The van der Waals surface area contributed by atoms with Gasteiger partial charge in [-0.25, -0.2) is 4.99 Å². The summed E-state index contributed by atoms with van der Waals surface area (Å²) in [5.74, 6) is 0.727. The zero-order chi connectivity index (χ0) is 15.1. The third kappa shape index (κ3) is 4.98. The number of nitrogens with one attached hydrogen (secondary N) is 2. The van der Waals surface area contributed by atoms with Crippen LogP contribution >= 0.6 is 11.3 Å². The van der Waals surface area contributed by atoms with E-state index in [1.54, 1.807) is 18.3 Å². The molecule has 0 bridgehead atoms. The number of nitrogens with zero attached hydrogens (tertiary/aromatic N) is 1. The van der Waals surface area contributed by atoms with Gasteiger partial charge in [0.1, 0.15) is 5.60 Å². The molecule has 0 aliphatic carbocycles. The molecule has 6 heteroatoms. The Hall–Kier alpha value is -1.11. The van der Waals surface area contributed by atoms with Crippen molar-refractivity contribution in [3.8, 4) is 0 Å². The van der Waals surface area contributed by atoms with Gasteiger partial charge >= 0.3 is 0 Å². The number of thiophene rings is 1. The molecule has 2 unspecified atom stereocenters. The van der Waals surface area contributed by atoms with Crippen molar-refractivity contribution in [1.29, 1.82) is 0 Å². The van der Waals surface area contributed by atoms with Crippen molar-refractivity contribution >= 4 is 17.3 Å². The SMILES string of the molecule is CCNC(=NCC(C)(O)c1cccs1)NCC1CCCO1. The predicted molar refractivity (Wildman–Crippen MR) is 86.8 cm³/mol. The second-order valence-electron chi connectivity index (χ2n) is 5.46. The van der Waals surface area contributed by atoms with Crippen LogP contribution in [0.3, 0.4) is 0 Å². The van der Waals surface area contributed by atoms with Crippen LogP contribution in [0, 0.1) is 0 Å². The summed E-state index contributed by atoms with van der Waals surface area (Å²) in [5.41, 5.74) is -0.930. The van der Waals surface area contributed by atoms with Crippen LogP contribution in [0.4, 0.5) is 0 Å². The molecule has 1 saturated heterocycles. The van der Waals surface area contributed by atoms with Crippen LogP contribution in [0.5, 0.6) is 0 Å². The molecule has 2 rings (SSSR count). The van der Waals surface area contributed by atoms with Gasteiger partial charge in [0, 0.05) is 24.6 Å². The number of rotatable bonds is 6. The van der Waals surface area contributed by atoms with Gasteiger partial charge in [0.05, 0.1) is 12.6 Å². The highest BCUT2D eigenvalue weighted by Gasteiger charge is 2.24. The Balaban J connectivity index is 1.90. The minimum absolute atomic E-state index is 0.270. The highest BCUT2D eigenvalue weighted by molar-refractivity contribution is 7.10. The first-order chi connectivity index (χ1) is 10.1. The lowest BCUT2D eigenvalue weighted by Gasteiger charge is -2.21. The zero-order valence-electron chi connectivity index (χ0n) is 12.8. The van der Waals surface area contributed by atoms with Crippen molar-refractivity contribution in [2.45, 2.75) is 38.4 Å². The molecule has 0 aromatic carbocycles. The first kappa shape index (κ1) is 16.3. The molecule has 1 fully saturated rings. The summed E-state index contributed by atoms with van der Waals surface area (Å²) in [4.78, 5) is 5.43. The lowest BCUT2D eigenvalue weighted by Crippen LogP contribution is -2.42. The maximum Gasteiger partial charge on any atom is 0.191 e. The lowest BCUT2D eigenvalue weighted by molar-refractivity contribution is 0.0710. The fourth-order valence-electron chi connectivity index (χ4n) is 2.25. The van der Waals surface area contributed by atoms with Crippen LogP contribution in [0.15, 0.2) is 22.5 Å². The van der Waals surface area contributed by atoms with Gasteiger partial charge in [-0.15, -0.1) is 11.3 Å². The van der Waals surface area contributed by atoms with Crippen molar-refractivity contribution < 1.29 is 9.84 Å². The normalized spacial score (nSPS) is 22.0. The molecule has 3 N–H and O–H groups in total. The summed E-state index contributed by atoms with van der Waals surface area (Å²) < 4.78 is 5.59. The van der Waals surface area contributed by atoms with Crippen molar-refractivity contribution in [3.63, 3.8) is 0 Å². The van der Waals surface area contributed by atoms with Crippen molar-refractivity contribution in [3.05, 3.63) is 22.4 Å². The van der Waals surface area contributed by atoms with Crippen molar-refractivity contribution in [1.82, 2.24) is 10.6 Å². The Morgan fingerprint density at radius 3 is 3.05 bits per heavy atom. The first-order valence-electron chi connectivity index (χ1n) is 7.52. The average Bonchev–Trinajstić information content (AvgIpc) is 3.14. The van der Waals surface area contributed by atoms with Gasteiger partial charge in [-0.1, -0.05) is 6.07 Å². The average molecular weight is 311 g/mol. The smallest absolute Gasteiger partial charge is 0.191 e. The molecule has 1 aromatic rings. The number of hydrogen-bond donors (Lipinski definition) is 3. The Bertz CT molecular complexity index is 440. The van der Waals surface area contributed by atoms with E-state index in [4.69, 9.17) is 4.74 Å². The molecule has 0 spiro atoms. The molecule has 2 atom stereocenters. The Morgan fingerprint density at radius 1 is 1.57 bits per heavy atom. The highest BCUT2D eigenvalue weighted by Crippen LogP contribution is 2.25. The second kappa shape index (κ2) is 7.77. The summed E-state index contributed by atoms with van der Waals surface area (Å²) in [6.07, 6.45) is 2.50. The molecule has 0 saturated carbocycles. The van der Waals surface area contributed by atoms with Crippen molar-refractivity contribution in [2.75, 3.05) is 26.2 Å². The fourth-order valence-corrected chi connectivity index (χ4v) is 3.03. The minimum atomic E-state index is -0.930. The molecule has 21 heavy (non-hydrogen) atoms. The van der Waals surface area contributed by atoms with E-state index < -0.39 is 5.60 Å². The molecule has 118 valence electrons. The largest absolute Gasteiger partial charge is 0.383 e. The van der Waals surface area contributed by atoms with E-state index in [2.05, 4.69) is 15.6 Å². The Labute approximate surface area is 130 Å². The van der Waals surface area contributed by atoms with Gasteiger partial charge in [0.2, 0.25) is 0 Å². The van der Waals surface area contributed by atoms with E-state index in [0.717, 1.165) is 43.4 Å². The first-order valence-corrected chi connectivity index (χ1v) is 8.40. The number of aliphatic imine (C=N–C) groups is 1. The molecular weight excluding hydrogens is 286 g/mol. The van der Waals surface area contributed by atoms with Crippen LogP contribution in [0.25, 0.3) is 0 Å². The van der Waals surface area contributed by atoms with Gasteiger partial charge in [0.15, 0.2) is 5.96 Å². The molecule has 0 radical (unpaired) electrons. The fraction of sp³-hybridized carbons (Fsp3) is 0.667. The predicted octanol–water partition coefficient (Wildman–Crippen LogP) is 1.69. The molecule has 1 aliphatic heterocycles. The van der Waals surface area contributed by atoms with E-state index in [9.17, 15) is 5.11 Å². The molecule has 1 aromatic heterocycles. The molecule has 1 aliphatic rings. The Morgan fingerprint density at radius 2 is 2.43 bits per heavy atom. The number of aliphatic hydroxyl groups is 1. The summed E-state index contributed by atoms with van der Waals surface area (Å²) in [6, 6.07) is 3.88. The van der Waals surface area contributed by atoms with Crippen LogP contribution in [-0.2, 0) is 10.3 Å². The van der Waals surface area contributed by atoms with E-state index >= 15 is 0 Å². The standard InChI is InChI=1S/C15H25N3O2S/c1-3-16-14(17-10-12-6-4-8-20-12)18-11-15(2,19)13-7-5-9-21-13/h5,7,9,12,19H,3-4,6,8,10-11H2,1-2H3,(H2,16,17,18). The zero-order valence-corrected chi connectivity index (χ0v) is 13.6. The van der Waals surface area contributed by atoms with Gasteiger partial charge in [-0.05, 0) is 38.1 Å². The van der Waals surface area contributed by atoms with Gasteiger partial charge < -0.3 is 20.5 Å². The van der Waals surface area contributed by atoms with Gasteiger partial charge in [-0.2, -0.15) is 0 Å². The third-order valence-electron chi connectivity index (χ3n) is 3.46. The van der Waals surface area contributed by atoms with E-state index in [0.29, 0.717) is 6.54 Å². The van der Waals surface area contributed by atoms with Crippen LogP contribution in [0.2, 0.25) is 0 Å². The number of guanidine groups is 1. The third-order valence-corrected chi connectivity index (χ3v) is 4.59. The molecule has 2 heterocycles. The van der Waals surface area contributed by atoms with Gasteiger partial charge in [0.25, 0.3) is 0 Å². The summed E-state index contributed by atoms with van der Waals surface area (Å²) in [6.45, 7) is 6.56. The lowest BCUT2D eigenvalue weighted by atomic mass is 10.1. The van der Waals surface area contributed by atoms with E-state index in [-0.39, 0.29) is 6.10 Å². The highest BCUT2D eigenvalue weighted by atomic mass is 32.1. The second-order valence-corrected chi connectivity index (χ2v) is 6.41. The maximum atomic E-state index is 10.5. The molecule has 0 amide bonds. The topological polar surface area (TPSA) is 65.9 Å². The molecule has 5 nitrogen and oxygen atoms in total. The Kier molecular flexibility index (Phi) is 6.02. The van der Waals surface area contributed by atoms with Crippen molar-refractivity contribution in [2.24, 2.45) is 4.99 Å². The van der Waals surface area contributed by atoms with Crippen LogP contribution in [-0.4, -0.2) is 43.4 Å². The van der Waals surface area contributed by atoms with Gasteiger partial charge in [-0.3, -0.25) is 0 Å². The number of ether oxygens (including phenoxy) is 1. The monoisotopic (exact) mass is 311 g/mol. The quantitative estimate of drug-likeness (QED) is 0.552. The maximum absolute atomic E-state index is 10.5. The van der Waals surface area contributed by atoms with Crippen LogP contribution in [0.1, 0.15) is 31.6 Å². The molecular formula is C15H25N3O2S. The summed E-state index contributed by atoms with van der Waals surface area (Å²) >= 11 is 1.55. The number of hydrogen-bond acceptors (Lipinski definition) is 4. The summed E-state index contributed by atoms with van der Waals surface area (Å²) in [7, 11) is 0. The van der Waals surface area contributed by atoms with E-state index in [1.807, 2.05) is 24.4 Å². The van der Waals surface area contributed by atoms with E-state index in [1.165, 1.54) is 0 Å².